The standard InChI is InChI=1S/C26H42N2O6/c1-9-11-18(10-2)22(27-24(31)34-26(6,7)8)23(30)32-20-16-28(14-12-19(20)13-15-28)17-21(29)33-25(3,4)5/h9-11,19-20,22H,12-17H2,1-8H3/p+1. The van der Waals surface area contributed by atoms with Crippen molar-refractivity contribution in [3.05, 3.63) is 23.8 Å². The number of nitrogens with one attached hydrogen (secondary N) is 1. The molecule has 2 bridgehead atoms. The summed E-state index contributed by atoms with van der Waals surface area (Å²) in [6.45, 7) is 17.1. The van der Waals surface area contributed by atoms with Crippen LogP contribution in [-0.4, -0.2) is 72.0 Å². The van der Waals surface area contributed by atoms with E-state index in [-0.39, 0.29) is 24.5 Å². The average molecular weight is 480 g/mol. The number of carbonyl (C=O) groups is 3. The van der Waals surface area contributed by atoms with Crippen LogP contribution in [0.2, 0.25) is 0 Å². The second-order valence-electron chi connectivity index (χ2n) is 11.4. The van der Waals surface area contributed by atoms with Crippen molar-refractivity contribution in [2.24, 2.45) is 5.92 Å². The molecule has 0 radical (unpaired) electrons. The molecule has 34 heavy (non-hydrogen) atoms. The molecule has 0 aliphatic carbocycles. The molecule has 0 saturated carbocycles. The van der Waals surface area contributed by atoms with Crippen LogP contribution in [0.15, 0.2) is 23.8 Å². The van der Waals surface area contributed by atoms with E-state index in [9.17, 15) is 14.4 Å². The summed E-state index contributed by atoms with van der Waals surface area (Å²) in [5.74, 6) is -0.501. The molecule has 3 fully saturated rings. The van der Waals surface area contributed by atoms with Crippen molar-refractivity contribution < 1.29 is 33.1 Å². The number of allylic oxidation sites excluding steroid dienone is 2. The number of hydrogen-bond acceptors (Lipinski definition) is 6. The van der Waals surface area contributed by atoms with Gasteiger partial charge in [-0.25, -0.2) is 14.4 Å². The maximum absolute atomic E-state index is 13.3. The van der Waals surface area contributed by atoms with Gasteiger partial charge in [-0.1, -0.05) is 18.2 Å². The Morgan fingerprint density at radius 3 is 2.09 bits per heavy atom. The molecule has 3 aliphatic rings. The Morgan fingerprint density at radius 2 is 1.59 bits per heavy atom. The highest BCUT2D eigenvalue weighted by Gasteiger charge is 2.49. The number of esters is 2. The van der Waals surface area contributed by atoms with Gasteiger partial charge in [0.1, 0.15) is 17.7 Å². The highest BCUT2D eigenvalue weighted by Crippen LogP contribution is 2.36. The summed E-state index contributed by atoms with van der Waals surface area (Å²) < 4.78 is 17.5. The fourth-order valence-corrected chi connectivity index (χ4v) is 4.70. The molecule has 0 aromatic heterocycles. The SMILES string of the molecule is CC=CC(=CC)C(NC(=O)OC(C)(C)C)C(=O)OC1C[N+]2(CC(=O)OC(C)(C)C)CCC1CC2. The minimum atomic E-state index is -0.981. The number of nitrogens with zero attached hydrogens (tertiary/aromatic N) is 1. The molecule has 0 spiro atoms. The first-order valence-corrected chi connectivity index (χ1v) is 12.2. The van der Waals surface area contributed by atoms with Crippen LogP contribution >= 0.6 is 0 Å². The van der Waals surface area contributed by atoms with E-state index >= 15 is 0 Å². The van der Waals surface area contributed by atoms with Crippen molar-refractivity contribution in [2.75, 3.05) is 26.2 Å². The van der Waals surface area contributed by atoms with E-state index in [1.165, 1.54) is 0 Å². The van der Waals surface area contributed by atoms with Gasteiger partial charge in [0, 0.05) is 18.8 Å². The molecule has 8 heteroatoms. The number of ether oxygens (including phenoxy) is 3. The van der Waals surface area contributed by atoms with Gasteiger partial charge < -0.3 is 24.0 Å². The predicted molar refractivity (Wildman–Crippen MR) is 130 cm³/mol. The van der Waals surface area contributed by atoms with Crippen molar-refractivity contribution >= 4 is 18.0 Å². The normalized spacial score (nSPS) is 26.2. The molecule has 2 atom stereocenters. The summed E-state index contributed by atoms with van der Waals surface area (Å²) in [7, 11) is 0. The fraction of sp³-hybridized carbons (Fsp3) is 0.731. The third kappa shape index (κ3) is 8.15. The topological polar surface area (TPSA) is 90.9 Å². The van der Waals surface area contributed by atoms with Gasteiger partial charge in [0.15, 0.2) is 18.7 Å². The van der Waals surface area contributed by atoms with E-state index in [0.717, 1.165) is 25.9 Å². The van der Waals surface area contributed by atoms with E-state index in [2.05, 4.69) is 5.32 Å². The van der Waals surface area contributed by atoms with Gasteiger partial charge in [-0.05, 0) is 61.0 Å². The molecule has 2 unspecified atom stereocenters. The number of piperidine rings is 3. The molecule has 0 aromatic rings. The number of quaternary nitrogens is 1. The smallest absolute Gasteiger partial charge is 0.408 e. The van der Waals surface area contributed by atoms with Crippen LogP contribution in [0, 0.1) is 5.92 Å². The molecule has 3 aliphatic heterocycles. The first kappa shape index (κ1) is 27.9. The van der Waals surface area contributed by atoms with Gasteiger partial charge in [0.25, 0.3) is 0 Å². The lowest BCUT2D eigenvalue weighted by Gasteiger charge is -2.51. The van der Waals surface area contributed by atoms with E-state index in [0.29, 0.717) is 16.6 Å². The fourth-order valence-electron chi connectivity index (χ4n) is 4.70. The minimum absolute atomic E-state index is 0.230. The van der Waals surface area contributed by atoms with E-state index in [4.69, 9.17) is 14.2 Å². The summed E-state index contributed by atoms with van der Waals surface area (Å²) in [4.78, 5) is 38.3. The Balaban J connectivity index is 2.14. The zero-order chi connectivity index (χ0) is 25.7. The molecular formula is C26H43N2O6+. The lowest BCUT2D eigenvalue weighted by Crippen LogP contribution is -2.66. The number of hydrogen-bond donors (Lipinski definition) is 1. The molecular weight excluding hydrogens is 436 g/mol. The van der Waals surface area contributed by atoms with Gasteiger partial charge in [-0.2, -0.15) is 0 Å². The zero-order valence-corrected chi connectivity index (χ0v) is 22.1. The molecule has 3 saturated heterocycles. The Bertz CT molecular complexity index is 810. The van der Waals surface area contributed by atoms with Crippen LogP contribution in [0.25, 0.3) is 0 Å². The van der Waals surface area contributed by atoms with Crippen molar-refractivity contribution in [3.63, 3.8) is 0 Å². The second kappa shape index (κ2) is 10.9. The number of amides is 1. The van der Waals surface area contributed by atoms with Crippen molar-refractivity contribution in [1.82, 2.24) is 5.32 Å². The van der Waals surface area contributed by atoms with Crippen LogP contribution in [0.1, 0.15) is 68.2 Å². The number of carbonyl (C=O) groups excluding carboxylic acids is 3. The Labute approximate surface area is 204 Å². The monoisotopic (exact) mass is 479 g/mol. The minimum Gasteiger partial charge on any atom is -0.456 e. The number of fused-ring (bicyclic) bond motifs is 3. The summed E-state index contributed by atoms with van der Waals surface area (Å²) in [5.41, 5.74) is -0.605. The predicted octanol–water partition coefficient (Wildman–Crippen LogP) is 3.90. The summed E-state index contributed by atoms with van der Waals surface area (Å²) in [6, 6.07) is -0.981. The van der Waals surface area contributed by atoms with Crippen LogP contribution in [0.5, 0.6) is 0 Å². The quantitative estimate of drug-likeness (QED) is 0.258. The Hall–Kier alpha value is -2.35. The zero-order valence-electron chi connectivity index (χ0n) is 22.1. The van der Waals surface area contributed by atoms with Crippen molar-refractivity contribution in [3.8, 4) is 0 Å². The molecule has 1 N–H and O–H groups in total. The third-order valence-corrected chi connectivity index (χ3v) is 6.12. The van der Waals surface area contributed by atoms with Gasteiger partial charge >= 0.3 is 18.0 Å². The van der Waals surface area contributed by atoms with E-state index in [1.54, 1.807) is 32.9 Å². The van der Waals surface area contributed by atoms with E-state index in [1.807, 2.05) is 40.7 Å². The molecule has 3 heterocycles. The lowest BCUT2D eigenvalue weighted by atomic mass is 9.83. The average Bonchev–Trinajstić information content (AvgIpc) is 2.68. The largest absolute Gasteiger partial charge is 0.456 e. The van der Waals surface area contributed by atoms with Crippen molar-refractivity contribution in [1.29, 1.82) is 0 Å². The van der Waals surface area contributed by atoms with Crippen molar-refractivity contribution in [2.45, 2.75) is 91.6 Å². The maximum atomic E-state index is 13.3. The molecule has 8 nitrogen and oxygen atoms in total. The number of alkyl carbamates (subject to hydrolysis) is 1. The molecule has 1 amide bonds. The van der Waals surface area contributed by atoms with Crippen LogP contribution < -0.4 is 5.32 Å². The summed E-state index contributed by atoms with van der Waals surface area (Å²) >= 11 is 0. The molecule has 3 rings (SSSR count). The molecule has 192 valence electrons. The summed E-state index contributed by atoms with van der Waals surface area (Å²) in [6.07, 6.45) is 6.13. The number of rotatable bonds is 7. The van der Waals surface area contributed by atoms with Crippen LogP contribution in [0.3, 0.4) is 0 Å². The van der Waals surface area contributed by atoms with Gasteiger partial charge in [0.2, 0.25) is 0 Å². The van der Waals surface area contributed by atoms with Gasteiger partial charge in [0.05, 0.1) is 13.1 Å². The Morgan fingerprint density at radius 1 is 1.00 bits per heavy atom. The second-order valence-corrected chi connectivity index (χ2v) is 11.4. The molecule has 0 aromatic carbocycles. The van der Waals surface area contributed by atoms with Gasteiger partial charge in [-0.15, -0.1) is 0 Å². The summed E-state index contributed by atoms with van der Waals surface area (Å²) in [5, 5.41) is 2.68. The van der Waals surface area contributed by atoms with Crippen LogP contribution in [0.4, 0.5) is 4.79 Å². The first-order chi connectivity index (χ1) is 15.7. The lowest BCUT2D eigenvalue weighted by molar-refractivity contribution is -0.939. The highest BCUT2D eigenvalue weighted by atomic mass is 16.6. The Kier molecular flexibility index (Phi) is 8.97. The highest BCUT2D eigenvalue weighted by molar-refractivity contribution is 5.85. The maximum Gasteiger partial charge on any atom is 0.408 e. The van der Waals surface area contributed by atoms with E-state index < -0.39 is 29.3 Å². The third-order valence-electron chi connectivity index (χ3n) is 6.12. The van der Waals surface area contributed by atoms with Crippen LogP contribution in [-0.2, 0) is 23.8 Å². The first-order valence-electron chi connectivity index (χ1n) is 12.2. The van der Waals surface area contributed by atoms with Gasteiger partial charge in [-0.3, -0.25) is 0 Å².